The Morgan fingerprint density at radius 2 is 0.902 bits per heavy atom. The summed E-state index contributed by atoms with van der Waals surface area (Å²) in [5.41, 5.74) is 0. The number of hydrogen-bond acceptors (Lipinski definition) is 5. The number of rotatable bonds is 44. The van der Waals surface area contributed by atoms with Crippen molar-refractivity contribution in [1.29, 1.82) is 0 Å². The predicted octanol–water partition coefficient (Wildman–Crippen LogP) is 15.2. The average molecular weight is 850 g/mol. The molecule has 1 amide bonds. The number of aliphatic hydroxyl groups is 2. The normalized spacial score (nSPS) is 14.0. The molecule has 3 N–H and O–H groups in total. The van der Waals surface area contributed by atoms with Gasteiger partial charge in [-0.05, 0) is 96.3 Å². The summed E-state index contributed by atoms with van der Waals surface area (Å²) in [6.45, 7) is 6.30. The first-order valence-electron chi connectivity index (χ1n) is 25.3. The Balaban J connectivity index is 4.72. The molecule has 0 bridgehead atoms. The summed E-state index contributed by atoms with van der Waals surface area (Å²) in [7, 11) is 0. The van der Waals surface area contributed by atoms with Gasteiger partial charge in [0.1, 0.15) is 6.10 Å². The molecule has 0 spiro atoms. The Morgan fingerprint density at radius 1 is 0.492 bits per heavy atom. The molecule has 0 saturated heterocycles. The molecular formula is C55H95NO5. The standard InChI is InChI=1S/C55H95NO5/c1-4-7-10-13-16-19-22-24-26-27-28-30-33-36-39-42-45-48-55(60)61-51(46-43-40-37-34-32-29-25-23-20-17-14-11-8-5-2)49-54(59)56-52(50-57)53(58)47-44-41-38-35-31-21-18-15-12-9-6-3/h8,11,16-17,19-20,24-26,28-30,34,37,51-53,57-58H,4-7,9-10,12-15,18,21-23,27,31-33,35-36,38-50H2,1-3H3,(H,56,59)/b11-8+,19-16-,20-17+,26-24-,29-25+,30-28-,37-34+. The zero-order valence-electron chi connectivity index (χ0n) is 39.8. The number of aliphatic hydroxyl groups excluding tert-OH is 2. The third-order valence-corrected chi connectivity index (χ3v) is 11.0. The van der Waals surface area contributed by atoms with Crippen molar-refractivity contribution in [2.75, 3.05) is 6.61 Å². The third kappa shape index (κ3) is 43.5. The topological polar surface area (TPSA) is 95.9 Å². The summed E-state index contributed by atoms with van der Waals surface area (Å²) in [6.07, 6.45) is 62.1. The van der Waals surface area contributed by atoms with E-state index in [1.54, 1.807) is 0 Å². The maximum atomic E-state index is 13.2. The van der Waals surface area contributed by atoms with E-state index in [2.05, 4.69) is 111 Å². The van der Waals surface area contributed by atoms with Crippen LogP contribution in [0.25, 0.3) is 0 Å². The van der Waals surface area contributed by atoms with Crippen LogP contribution in [0.15, 0.2) is 85.1 Å². The van der Waals surface area contributed by atoms with Crippen molar-refractivity contribution < 1.29 is 24.5 Å². The average Bonchev–Trinajstić information content (AvgIpc) is 3.25. The SMILES string of the molecule is CC/C=C/C/C=C/C/C=C/C/C=C/CCCC(CC(=O)NC(CO)C(O)CCCCCCCCCCCCC)OC(=O)CCCCCC/C=C\C/C=C\C/C=C\CCCCC. The number of hydrogen-bond donors (Lipinski definition) is 3. The lowest BCUT2D eigenvalue weighted by atomic mass is 10.0. The summed E-state index contributed by atoms with van der Waals surface area (Å²) < 4.78 is 5.89. The molecule has 0 aliphatic carbocycles. The smallest absolute Gasteiger partial charge is 0.306 e. The van der Waals surface area contributed by atoms with Crippen molar-refractivity contribution in [1.82, 2.24) is 5.32 Å². The molecule has 0 aliphatic heterocycles. The van der Waals surface area contributed by atoms with Crippen LogP contribution in [0.5, 0.6) is 0 Å². The lowest BCUT2D eigenvalue weighted by molar-refractivity contribution is -0.151. The Hall–Kier alpha value is -2.96. The molecule has 0 heterocycles. The van der Waals surface area contributed by atoms with Gasteiger partial charge < -0.3 is 20.3 Å². The molecule has 0 fully saturated rings. The van der Waals surface area contributed by atoms with Gasteiger partial charge >= 0.3 is 5.97 Å². The van der Waals surface area contributed by atoms with Crippen LogP contribution in [0, 0.1) is 0 Å². The molecule has 350 valence electrons. The number of ether oxygens (including phenoxy) is 1. The lowest BCUT2D eigenvalue weighted by Gasteiger charge is -2.24. The monoisotopic (exact) mass is 850 g/mol. The van der Waals surface area contributed by atoms with Gasteiger partial charge in [-0.3, -0.25) is 9.59 Å². The van der Waals surface area contributed by atoms with Crippen molar-refractivity contribution in [3.8, 4) is 0 Å². The Morgan fingerprint density at radius 3 is 1.41 bits per heavy atom. The molecule has 0 aromatic heterocycles. The number of esters is 1. The molecule has 61 heavy (non-hydrogen) atoms. The van der Waals surface area contributed by atoms with Crippen molar-refractivity contribution in [3.05, 3.63) is 85.1 Å². The zero-order chi connectivity index (χ0) is 44.5. The van der Waals surface area contributed by atoms with E-state index in [4.69, 9.17) is 4.74 Å². The summed E-state index contributed by atoms with van der Waals surface area (Å²) in [5, 5.41) is 23.7. The fraction of sp³-hybridized carbons (Fsp3) is 0.709. The Labute approximate surface area is 376 Å². The van der Waals surface area contributed by atoms with Gasteiger partial charge in [0, 0.05) is 6.42 Å². The highest BCUT2D eigenvalue weighted by Crippen LogP contribution is 2.16. The van der Waals surface area contributed by atoms with Gasteiger partial charge in [-0.2, -0.15) is 0 Å². The van der Waals surface area contributed by atoms with Crippen LogP contribution in [-0.2, 0) is 14.3 Å². The largest absolute Gasteiger partial charge is 0.462 e. The molecular weight excluding hydrogens is 755 g/mol. The number of unbranched alkanes of at least 4 members (excludes halogenated alkanes) is 18. The maximum Gasteiger partial charge on any atom is 0.306 e. The van der Waals surface area contributed by atoms with Gasteiger partial charge in [0.25, 0.3) is 0 Å². The second-order valence-corrected chi connectivity index (χ2v) is 16.8. The van der Waals surface area contributed by atoms with Gasteiger partial charge in [0.2, 0.25) is 5.91 Å². The molecule has 3 unspecified atom stereocenters. The van der Waals surface area contributed by atoms with E-state index in [0.29, 0.717) is 19.3 Å². The minimum Gasteiger partial charge on any atom is -0.462 e. The molecule has 0 radical (unpaired) electrons. The van der Waals surface area contributed by atoms with E-state index in [-0.39, 0.29) is 24.9 Å². The van der Waals surface area contributed by atoms with Gasteiger partial charge in [0.05, 0.1) is 25.2 Å². The first kappa shape index (κ1) is 58.0. The predicted molar refractivity (Wildman–Crippen MR) is 264 cm³/mol. The molecule has 0 aromatic rings. The minimum absolute atomic E-state index is 0.0267. The molecule has 0 aliphatic rings. The van der Waals surface area contributed by atoms with Crippen LogP contribution in [0.3, 0.4) is 0 Å². The van der Waals surface area contributed by atoms with E-state index in [0.717, 1.165) is 103 Å². The summed E-state index contributed by atoms with van der Waals surface area (Å²) in [5.74, 6) is -0.559. The van der Waals surface area contributed by atoms with E-state index < -0.39 is 18.2 Å². The molecule has 0 rings (SSSR count). The quantitative estimate of drug-likeness (QED) is 0.0322. The van der Waals surface area contributed by atoms with Crippen LogP contribution >= 0.6 is 0 Å². The summed E-state index contributed by atoms with van der Waals surface area (Å²) in [4.78, 5) is 26.1. The minimum atomic E-state index is -0.809. The van der Waals surface area contributed by atoms with Gasteiger partial charge in [-0.15, -0.1) is 0 Å². The molecule has 6 nitrogen and oxygen atoms in total. The van der Waals surface area contributed by atoms with Crippen LogP contribution in [0.2, 0.25) is 0 Å². The van der Waals surface area contributed by atoms with Crippen molar-refractivity contribution >= 4 is 11.9 Å². The van der Waals surface area contributed by atoms with Crippen LogP contribution in [0.4, 0.5) is 0 Å². The van der Waals surface area contributed by atoms with Gasteiger partial charge in [0.15, 0.2) is 0 Å². The number of nitrogens with one attached hydrogen (secondary N) is 1. The van der Waals surface area contributed by atoms with Crippen molar-refractivity contribution in [3.63, 3.8) is 0 Å². The molecule has 6 heteroatoms. The second-order valence-electron chi connectivity index (χ2n) is 16.8. The van der Waals surface area contributed by atoms with Crippen LogP contribution in [0.1, 0.15) is 226 Å². The summed E-state index contributed by atoms with van der Waals surface area (Å²) >= 11 is 0. The number of carbonyl (C=O) groups is 2. The van der Waals surface area contributed by atoms with E-state index in [9.17, 15) is 19.8 Å². The maximum absolute atomic E-state index is 13.2. The van der Waals surface area contributed by atoms with Crippen LogP contribution in [-0.4, -0.2) is 46.9 Å². The van der Waals surface area contributed by atoms with Gasteiger partial charge in [-0.25, -0.2) is 0 Å². The van der Waals surface area contributed by atoms with Crippen molar-refractivity contribution in [2.45, 2.75) is 244 Å². The molecule has 0 saturated carbocycles. The first-order valence-corrected chi connectivity index (χ1v) is 25.3. The fourth-order valence-electron chi connectivity index (χ4n) is 7.14. The zero-order valence-corrected chi connectivity index (χ0v) is 39.8. The van der Waals surface area contributed by atoms with Crippen molar-refractivity contribution in [2.24, 2.45) is 0 Å². The van der Waals surface area contributed by atoms with E-state index in [1.165, 1.54) is 77.0 Å². The fourth-order valence-corrected chi connectivity index (χ4v) is 7.14. The highest BCUT2D eigenvalue weighted by Gasteiger charge is 2.24. The number of carbonyl (C=O) groups excluding carboxylic acids is 2. The second kappa shape index (κ2) is 48.1. The van der Waals surface area contributed by atoms with Crippen LogP contribution < -0.4 is 5.32 Å². The van der Waals surface area contributed by atoms with Gasteiger partial charge in [-0.1, -0.05) is 202 Å². The number of amides is 1. The molecule has 0 aromatic carbocycles. The highest BCUT2D eigenvalue weighted by atomic mass is 16.5. The van der Waals surface area contributed by atoms with E-state index in [1.807, 2.05) is 0 Å². The third-order valence-electron chi connectivity index (χ3n) is 11.0. The number of allylic oxidation sites excluding steroid dienone is 14. The summed E-state index contributed by atoms with van der Waals surface area (Å²) in [6, 6.07) is -0.727. The van der Waals surface area contributed by atoms with E-state index >= 15 is 0 Å². The first-order chi connectivity index (χ1) is 30.0. The highest BCUT2D eigenvalue weighted by molar-refractivity contribution is 5.77. The lowest BCUT2D eigenvalue weighted by Crippen LogP contribution is -2.46. The Bertz CT molecular complexity index is 1180. The molecule has 3 atom stereocenters. The Kier molecular flexibility index (Phi) is 45.7.